The van der Waals surface area contributed by atoms with E-state index in [2.05, 4.69) is 16.1 Å². The quantitative estimate of drug-likeness (QED) is 0.865. The minimum atomic E-state index is 0.117. The number of hydrogen-bond acceptors (Lipinski definition) is 4. The molecule has 1 aromatic heterocycles. The summed E-state index contributed by atoms with van der Waals surface area (Å²) in [4.78, 5) is 18.9. The Morgan fingerprint density at radius 1 is 1.38 bits per heavy atom. The number of benzene rings is 1. The van der Waals surface area contributed by atoms with E-state index in [9.17, 15) is 4.79 Å². The number of amides is 1. The molecule has 0 spiro atoms. The van der Waals surface area contributed by atoms with Gasteiger partial charge in [0.15, 0.2) is 0 Å². The van der Waals surface area contributed by atoms with Crippen LogP contribution in [0, 0.1) is 5.92 Å². The minimum Gasteiger partial charge on any atom is -0.497 e. The Hall–Kier alpha value is -2.37. The van der Waals surface area contributed by atoms with E-state index >= 15 is 0 Å². The van der Waals surface area contributed by atoms with Crippen molar-refractivity contribution >= 4 is 5.91 Å². The first-order valence-corrected chi connectivity index (χ1v) is 8.53. The van der Waals surface area contributed by atoms with Crippen LogP contribution in [0.2, 0.25) is 0 Å². The van der Waals surface area contributed by atoms with E-state index in [4.69, 9.17) is 4.74 Å². The predicted molar refractivity (Wildman–Crippen MR) is 88.7 cm³/mol. The number of ether oxygens (including phenoxy) is 1. The standard InChI is InChI=1S/C18H22N4O2/c1-24-15-6-2-4-13(8-15)16-9-17(16)18(23)21-7-3-5-14(10-21)22-12-19-11-20-22/h2,4,6,8,11-12,14,16-17H,3,5,7,9-10H2,1H3/t14-,16-,17+/m0/s1. The van der Waals surface area contributed by atoms with E-state index in [1.807, 2.05) is 27.8 Å². The summed E-state index contributed by atoms with van der Waals surface area (Å²) in [5.41, 5.74) is 1.21. The number of carbonyl (C=O) groups is 1. The third-order valence-electron chi connectivity index (χ3n) is 5.15. The van der Waals surface area contributed by atoms with Crippen molar-refractivity contribution in [3.05, 3.63) is 42.5 Å². The number of methoxy groups -OCH3 is 1. The topological polar surface area (TPSA) is 60.2 Å². The highest BCUT2D eigenvalue weighted by Crippen LogP contribution is 2.49. The van der Waals surface area contributed by atoms with E-state index in [0.29, 0.717) is 5.92 Å². The third kappa shape index (κ3) is 2.88. The van der Waals surface area contributed by atoms with E-state index in [0.717, 1.165) is 38.1 Å². The lowest BCUT2D eigenvalue weighted by molar-refractivity contribution is -0.134. The Labute approximate surface area is 141 Å². The van der Waals surface area contributed by atoms with Crippen molar-refractivity contribution < 1.29 is 9.53 Å². The van der Waals surface area contributed by atoms with Gasteiger partial charge in [0, 0.05) is 19.0 Å². The van der Waals surface area contributed by atoms with Gasteiger partial charge in [-0.1, -0.05) is 12.1 Å². The maximum absolute atomic E-state index is 12.9. The fourth-order valence-electron chi connectivity index (χ4n) is 3.72. The van der Waals surface area contributed by atoms with Gasteiger partial charge in [0.05, 0.1) is 13.2 Å². The normalized spacial score (nSPS) is 26.2. The number of nitrogens with zero attached hydrogens (tertiary/aromatic N) is 4. The zero-order valence-electron chi connectivity index (χ0n) is 13.8. The fraction of sp³-hybridized carbons (Fsp3) is 0.500. The van der Waals surface area contributed by atoms with Crippen molar-refractivity contribution in [3.8, 4) is 5.75 Å². The van der Waals surface area contributed by atoms with Crippen LogP contribution in [0.25, 0.3) is 0 Å². The molecule has 1 aromatic carbocycles. The molecule has 126 valence electrons. The van der Waals surface area contributed by atoms with Crippen LogP contribution in [-0.4, -0.2) is 45.8 Å². The Balaban J connectivity index is 1.41. The first-order chi connectivity index (χ1) is 11.8. The molecule has 0 radical (unpaired) electrons. The highest BCUT2D eigenvalue weighted by molar-refractivity contribution is 5.83. The molecule has 2 fully saturated rings. The molecule has 1 saturated heterocycles. The van der Waals surface area contributed by atoms with E-state index < -0.39 is 0 Å². The lowest BCUT2D eigenvalue weighted by atomic mass is 10.0. The van der Waals surface area contributed by atoms with Crippen molar-refractivity contribution in [2.45, 2.75) is 31.2 Å². The molecule has 1 aliphatic carbocycles. The zero-order chi connectivity index (χ0) is 16.5. The van der Waals surface area contributed by atoms with Gasteiger partial charge in [0.25, 0.3) is 0 Å². The number of rotatable bonds is 4. The van der Waals surface area contributed by atoms with Crippen molar-refractivity contribution in [2.75, 3.05) is 20.2 Å². The molecule has 1 saturated carbocycles. The van der Waals surface area contributed by atoms with Gasteiger partial charge in [0.2, 0.25) is 5.91 Å². The number of aromatic nitrogens is 3. The highest BCUT2D eigenvalue weighted by atomic mass is 16.5. The van der Waals surface area contributed by atoms with Gasteiger partial charge in [-0.05, 0) is 42.9 Å². The van der Waals surface area contributed by atoms with Gasteiger partial charge in [-0.3, -0.25) is 4.79 Å². The number of carbonyl (C=O) groups excluding carboxylic acids is 1. The van der Waals surface area contributed by atoms with Crippen LogP contribution >= 0.6 is 0 Å². The first-order valence-electron chi connectivity index (χ1n) is 8.53. The van der Waals surface area contributed by atoms with Crippen molar-refractivity contribution in [1.29, 1.82) is 0 Å². The van der Waals surface area contributed by atoms with Crippen LogP contribution in [-0.2, 0) is 4.79 Å². The highest BCUT2D eigenvalue weighted by Gasteiger charge is 2.46. The predicted octanol–water partition coefficient (Wildman–Crippen LogP) is 2.25. The van der Waals surface area contributed by atoms with Crippen LogP contribution in [0.5, 0.6) is 5.75 Å². The van der Waals surface area contributed by atoms with E-state index in [1.54, 1.807) is 19.8 Å². The zero-order valence-corrected chi connectivity index (χ0v) is 13.8. The Bertz CT molecular complexity index is 716. The molecule has 2 aromatic rings. The number of hydrogen-bond donors (Lipinski definition) is 0. The van der Waals surface area contributed by atoms with Gasteiger partial charge < -0.3 is 9.64 Å². The molecule has 0 N–H and O–H groups in total. The average molecular weight is 326 g/mol. The molecule has 1 amide bonds. The molecule has 24 heavy (non-hydrogen) atoms. The lowest BCUT2D eigenvalue weighted by Gasteiger charge is -2.32. The monoisotopic (exact) mass is 326 g/mol. The summed E-state index contributed by atoms with van der Waals surface area (Å²) in [7, 11) is 1.67. The molecule has 0 unspecified atom stereocenters. The molecule has 1 aliphatic heterocycles. The summed E-state index contributed by atoms with van der Waals surface area (Å²) < 4.78 is 7.17. The molecule has 6 nitrogen and oxygen atoms in total. The lowest BCUT2D eigenvalue weighted by Crippen LogP contribution is -2.41. The Kier molecular flexibility index (Phi) is 3.96. The molecule has 2 aliphatic rings. The van der Waals surface area contributed by atoms with E-state index in [1.165, 1.54) is 5.56 Å². The summed E-state index contributed by atoms with van der Waals surface area (Å²) in [6, 6.07) is 8.33. The summed E-state index contributed by atoms with van der Waals surface area (Å²) >= 11 is 0. The second kappa shape index (κ2) is 6.26. The van der Waals surface area contributed by atoms with Crippen LogP contribution < -0.4 is 4.74 Å². The largest absolute Gasteiger partial charge is 0.497 e. The SMILES string of the molecule is COc1cccc([C@@H]2C[C@H]2C(=O)N2CCC[C@H](n3cncn3)C2)c1. The van der Waals surface area contributed by atoms with Gasteiger partial charge in [-0.25, -0.2) is 9.67 Å². The molecule has 6 heteroatoms. The molecular formula is C18H22N4O2. The van der Waals surface area contributed by atoms with Gasteiger partial charge in [-0.2, -0.15) is 5.10 Å². The number of likely N-dealkylation sites (tertiary alicyclic amines) is 1. The molecular weight excluding hydrogens is 304 g/mol. The van der Waals surface area contributed by atoms with Crippen molar-refractivity contribution in [2.24, 2.45) is 5.92 Å². The van der Waals surface area contributed by atoms with Crippen LogP contribution in [0.3, 0.4) is 0 Å². The smallest absolute Gasteiger partial charge is 0.226 e. The summed E-state index contributed by atoms with van der Waals surface area (Å²) in [6.45, 7) is 1.59. The summed E-state index contributed by atoms with van der Waals surface area (Å²) in [6.07, 6.45) is 6.32. The second-order valence-electron chi connectivity index (χ2n) is 6.68. The molecule has 4 rings (SSSR count). The fourth-order valence-corrected chi connectivity index (χ4v) is 3.72. The van der Waals surface area contributed by atoms with Gasteiger partial charge in [-0.15, -0.1) is 0 Å². The van der Waals surface area contributed by atoms with Crippen molar-refractivity contribution in [1.82, 2.24) is 19.7 Å². The minimum absolute atomic E-state index is 0.117. The van der Waals surface area contributed by atoms with E-state index in [-0.39, 0.29) is 17.9 Å². The first kappa shape index (κ1) is 15.2. The van der Waals surface area contributed by atoms with Crippen LogP contribution in [0.15, 0.2) is 36.9 Å². The molecule has 3 atom stereocenters. The Morgan fingerprint density at radius 3 is 3.08 bits per heavy atom. The van der Waals surface area contributed by atoms with Gasteiger partial charge in [0.1, 0.15) is 18.4 Å². The molecule has 0 bridgehead atoms. The maximum Gasteiger partial charge on any atom is 0.226 e. The average Bonchev–Trinajstić information content (AvgIpc) is 3.25. The van der Waals surface area contributed by atoms with Crippen molar-refractivity contribution in [3.63, 3.8) is 0 Å². The Morgan fingerprint density at radius 2 is 2.29 bits per heavy atom. The third-order valence-corrected chi connectivity index (χ3v) is 5.15. The maximum atomic E-state index is 12.9. The van der Waals surface area contributed by atoms with Gasteiger partial charge >= 0.3 is 0 Å². The van der Waals surface area contributed by atoms with Crippen LogP contribution in [0.1, 0.15) is 36.8 Å². The molecule has 2 heterocycles. The number of piperidine rings is 1. The summed E-state index contributed by atoms with van der Waals surface area (Å²) in [5, 5.41) is 4.23. The van der Waals surface area contributed by atoms with Crippen LogP contribution in [0.4, 0.5) is 0 Å². The second-order valence-corrected chi connectivity index (χ2v) is 6.68. The summed E-state index contributed by atoms with van der Waals surface area (Å²) in [5.74, 6) is 1.59.